The highest BCUT2D eigenvalue weighted by Crippen LogP contribution is 2.27. The topological polar surface area (TPSA) is 70.8 Å². The van der Waals surface area contributed by atoms with E-state index < -0.39 is 0 Å². The van der Waals surface area contributed by atoms with Gasteiger partial charge in [0.1, 0.15) is 23.0 Å². The zero-order valence-corrected chi connectivity index (χ0v) is 12.7. The molecule has 5 heteroatoms. The Morgan fingerprint density at radius 3 is 2.48 bits per heavy atom. The van der Waals surface area contributed by atoms with E-state index >= 15 is 0 Å². The summed E-state index contributed by atoms with van der Waals surface area (Å²) in [7, 11) is 3.22. The Morgan fingerprint density at radius 2 is 1.83 bits per heavy atom. The summed E-state index contributed by atoms with van der Waals surface area (Å²) in [4.78, 5) is 26.0. The van der Waals surface area contributed by atoms with Gasteiger partial charge >= 0.3 is 0 Å². The van der Waals surface area contributed by atoms with Crippen LogP contribution >= 0.6 is 0 Å². The summed E-state index contributed by atoms with van der Waals surface area (Å²) in [6.07, 6.45) is 1.35. The second-order valence-corrected chi connectivity index (χ2v) is 5.41. The van der Waals surface area contributed by atoms with Crippen LogP contribution in [0.15, 0.2) is 57.9 Å². The molecule has 1 aromatic heterocycles. The number of hydrogen-bond acceptors (Lipinski definition) is 4. The predicted molar refractivity (Wildman–Crippen MR) is 87.6 cm³/mol. The van der Waals surface area contributed by atoms with Gasteiger partial charge in [-0.3, -0.25) is 9.59 Å². The van der Waals surface area contributed by atoms with Crippen molar-refractivity contribution in [2.24, 2.45) is 0 Å². The molecule has 0 atom stereocenters. The number of carbonyl (C=O) groups is 1. The molecule has 0 aliphatic carbocycles. The quantitative estimate of drug-likeness (QED) is 0.790. The van der Waals surface area contributed by atoms with E-state index in [2.05, 4.69) is 0 Å². The maximum atomic E-state index is 12.6. The Labute approximate surface area is 132 Å². The van der Waals surface area contributed by atoms with Crippen LogP contribution < -0.4 is 5.43 Å². The summed E-state index contributed by atoms with van der Waals surface area (Å²) in [5.74, 6) is -0.545. The number of amides is 1. The summed E-state index contributed by atoms with van der Waals surface area (Å²) in [5, 5.41) is 10.3. The van der Waals surface area contributed by atoms with E-state index in [1.165, 1.54) is 23.3 Å². The molecular weight excluding hydrogens is 294 g/mol. The third kappa shape index (κ3) is 2.57. The van der Waals surface area contributed by atoms with Gasteiger partial charge in [-0.1, -0.05) is 30.3 Å². The van der Waals surface area contributed by atoms with Crippen LogP contribution in [0.4, 0.5) is 0 Å². The number of fused-ring (bicyclic) bond motifs is 1. The summed E-state index contributed by atoms with van der Waals surface area (Å²) < 4.78 is 5.50. The summed E-state index contributed by atoms with van der Waals surface area (Å²) in [6, 6.07) is 11.8. The predicted octanol–water partition coefficient (Wildman–Crippen LogP) is 2.87. The second kappa shape index (κ2) is 5.61. The second-order valence-electron chi connectivity index (χ2n) is 5.41. The van der Waals surface area contributed by atoms with E-state index in [0.29, 0.717) is 11.1 Å². The van der Waals surface area contributed by atoms with Gasteiger partial charge in [-0.25, -0.2) is 0 Å². The van der Waals surface area contributed by atoms with Crippen LogP contribution in [-0.4, -0.2) is 30.0 Å². The van der Waals surface area contributed by atoms with E-state index in [9.17, 15) is 14.7 Å². The minimum atomic E-state index is -0.334. The fraction of sp³-hybridized carbons (Fsp3) is 0.111. The van der Waals surface area contributed by atoms with Crippen LogP contribution in [0.25, 0.3) is 22.1 Å². The first kappa shape index (κ1) is 14.8. The first-order valence-electron chi connectivity index (χ1n) is 7.04. The Morgan fingerprint density at radius 1 is 1.13 bits per heavy atom. The van der Waals surface area contributed by atoms with Gasteiger partial charge in [0.15, 0.2) is 0 Å². The molecule has 1 N–H and O–H groups in total. The van der Waals surface area contributed by atoms with Crippen molar-refractivity contribution in [2.45, 2.75) is 0 Å². The van der Waals surface area contributed by atoms with Crippen LogP contribution in [0.3, 0.4) is 0 Å². The molecule has 1 amide bonds. The molecule has 0 aliphatic rings. The number of benzene rings is 2. The number of phenolic OH excluding ortho intramolecular Hbond substituents is 1. The smallest absolute Gasteiger partial charge is 0.253 e. The highest BCUT2D eigenvalue weighted by molar-refractivity contribution is 5.99. The lowest BCUT2D eigenvalue weighted by molar-refractivity contribution is 0.0827. The van der Waals surface area contributed by atoms with Gasteiger partial charge in [0.25, 0.3) is 5.91 Å². The summed E-state index contributed by atoms with van der Waals surface area (Å²) in [5.41, 5.74) is 1.17. The molecule has 3 rings (SSSR count). The molecule has 2 aromatic carbocycles. The average molecular weight is 309 g/mol. The van der Waals surface area contributed by atoms with Crippen LogP contribution in [0.1, 0.15) is 10.4 Å². The number of nitrogens with zero attached hydrogens (tertiary/aromatic N) is 1. The Kier molecular flexibility index (Phi) is 3.62. The maximum absolute atomic E-state index is 12.6. The minimum Gasteiger partial charge on any atom is -0.507 e. The molecular formula is C18H15NO4. The molecule has 0 saturated carbocycles. The molecule has 0 spiro atoms. The molecule has 116 valence electrons. The Hall–Kier alpha value is -3.08. The third-order valence-electron chi connectivity index (χ3n) is 3.59. The number of phenols is 1. The molecule has 5 nitrogen and oxygen atoms in total. The van der Waals surface area contributed by atoms with Crippen LogP contribution in [-0.2, 0) is 0 Å². The molecule has 1 heterocycles. The van der Waals surface area contributed by atoms with Crippen molar-refractivity contribution >= 4 is 16.9 Å². The fourth-order valence-corrected chi connectivity index (χ4v) is 2.43. The molecule has 0 saturated heterocycles. The van der Waals surface area contributed by atoms with Gasteiger partial charge < -0.3 is 14.4 Å². The Balaban J connectivity index is 2.24. The lowest BCUT2D eigenvalue weighted by atomic mass is 10.0. The van der Waals surface area contributed by atoms with E-state index in [0.717, 1.165) is 0 Å². The molecule has 0 unspecified atom stereocenters. The zero-order valence-electron chi connectivity index (χ0n) is 12.7. The molecule has 0 aliphatic heterocycles. The summed E-state index contributed by atoms with van der Waals surface area (Å²) >= 11 is 0. The van der Waals surface area contributed by atoms with Crippen LogP contribution in [0.5, 0.6) is 5.75 Å². The van der Waals surface area contributed by atoms with Crippen molar-refractivity contribution < 1.29 is 14.3 Å². The number of aromatic hydroxyl groups is 1. The van der Waals surface area contributed by atoms with Crippen LogP contribution in [0.2, 0.25) is 0 Å². The van der Waals surface area contributed by atoms with Gasteiger partial charge in [0.05, 0.1) is 5.56 Å². The molecule has 0 fully saturated rings. The SMILES string of the molecule is CN(C)C(=O)c1cc(O)c2c(=O)c(-c3ccccc3)coc2c1. The van der Waals surface area contributed by atoms with Crippen molar-refractivity contribution in [1.82, 2.24) is 4.90 Å². The largest absolute Gasteiger partial charge is 0.507 e. The number of hydrogen-bond donors (Lipinski definition) is 1. The van der Waals surface area contributed by atoms with Crippen molar-refractivity contribution in [1.29, 1.82) is 0 Å². The van der Waals surface area contributed by atoms with Gasteiger partial charge in [-0.2, -0.15) is 0 Å². The molecule has 3 aromatic rings. The Bertz CT molecular complexity index is 942. The van der Waals surface area contributed by atoms with E-state index in [1.54, 1.807) is 26.2 Å². The van der Waals surface area contributed by atoms with Crippen LogP contribution in [0, 0.1) is 0 Å². The molecule has 0 radical (unpaired) electrons. The maximum Gasteiger partial charge on any atom is 0.253 e. The standard InChI is InChI=1S/C18H15NO4/c1-19(2)18(22)12-8-14(20)16-15(9-12)23-10-13(17(16)21)11-6-4-3-5-7-11/h3-10,20H,1-2H3. The van der Waals surface area contributed by atoms with Gasteiger partial charge in [0, 0.05) is 19.7 Å². The number of rotatable bonds is 2. The van der Waals surface area contributed by atoms with Crippen molar-refractivity contribution in [3.8, 4) is 16.9 Å². The highest BCUT2D eigenvalue weighted by Gasteiger charge is 2.17. The van der Waals surface area contributed by atoms with Crippen molar-refractivity contribution in [3.05, 3.63) is 64.5 Å². The van der Waals surface area contributed by atoms with Gasteiger partial charge in [-0.15, -0.1) is 0 Å². The lowest BCUT2D eigenvalue weighted by Crippen LogP contribution is -2.21. The van der Waals surface area contributed by atoms with Gasteiger partial charge in [0.2, 0.25) is 5.43 Å². The fourth-order valence-electron chi connectivity index (χ4n) is 2.43. The highest BCUT2D eigenvalue weighted by atomic mass is 16.3. The molecule has 0 bridgehead atoms. The average Bonchev–Trinajstić information content (AvgIpc) is 2.54. The van der Waals surface area contributed by atoms with Crippen molar-refractivity contribution in [2.75, 3.05) is 14.1 Å². The van der Waals surface area contributed by atoms with E-state index in [1.807, 2.05) is 18.2 Å². The third-order valence-corrected chi connectivity index (χ3v) is 3.59. The first-order valence-corrected chi connectivity index (χ1v) is 7.04. The minimum absolute atomic E-state index is 0.0710. The monoisotopic (exact) mass is 309 g/mol. The van der Waals surface area contributed by atoms with E-state index in [-0.39, 0.29) is 33.6 Å². The molecule has 23 heavy (non-hydrogen) atoms. The lowest BCUT2D eigenvalue weighted by Gasteiger charge is -2.11. The van der Waals surface area contributed by atoms with Gasteiger partial charge in [-0.05, 0) is 17.7 Å². The first-order chi connectivity index (χ1) is 11.0. The zero-order chi connectivity index (χ0) is 16.6. The van der Waals surface area contributed by atoms with E-state index in [4.69, 9.17) is 4.42 Å². The van der Waals surface area contributed by atoms with Crippen molar-refractivity contribution in [3.63, 3.8) is 0 Å². The summed E-state index contributed by atoms with van der Waals surface area (Å²) in [6.45, 7) is 0. The number of carbonyl (C=O) groups excluding carboxylic acids is 1. The normalized spacial score (nSPS) is 10.7.